The Kier molecular flexibility index (Phi) is 6.46. The maximum absolute atomic E-state index is 8.84. The molecular formula is C13H20BrNO3. The molecule has 0 heterocycles. The Balaban J connectivity index is 2.75. The maximum atomic E-state index is 8.84. The lowest BCUT2D eigenvalue weighted by Crippen LogP contribution is -2.26. The maximum Gasteiger partial charge on any atom is 0.174 e. The summed E-state index contributed by atoms with van der Waals surface area (Å²) in [5.74, 6) is 1.41. The van der Waals surface area contributed by atoms with Crippen LogP contribution >= 0.6 is 15.9 Å². The topological polar surface area (TPSA) is 50.7 Å². The molecule has 0 saturated carbocycles. The molecule has 1 unspecified atom stereocenters. The molecule has 1 rings (SSSR count). The highest BCUT2D eigenvalue weighted by Crippen LogP contribution is 2.36. The first-order chi connectivity index (χ1) is 8.62. The average Bonchev–Trinajstić information content (AvgIpc) is 2.36. The third-order valence-corrected chi connectivity index (χ3v) is 3.30. The Labute approximate surface area is 116 Å². The van der Waals surface area contributed by atoms with Gasteiger partial charge in [-0.05, 0) is 47.0 Å². The fraction of sp³-hybridized carbons (Fsp3) is 0.538. The van der Waals surface area contributed by atoms with E-state index in [2.05, 4.69) is 21.2 Å². The smallest absolute Gasteiger partial charge is 0.174 e. The number of hydrogen-bond donors (Lipinski definition) is 2. The zero-order valence-electron chi connectivity index (χ0n) is 11.0. The summed E-state index contributed by atoms with van der Waals surface area (Å²) in [5.41, 5.74) is 1.10. The summed E-state index contributed by atoms with van der Waals surface area (Å²) in [4.78, 5) is 0. The van der Waals surface area contributed by atoms with Crippen LogP contribution in [-0.4, -0.2) is 32.0 Å². The monoisotopic (exact) mass is 317 g/mol. The third kappa shape index (κ3) is 4.15. The molecule has 4 nitrogen and oxygen atoms in total. The molecule has 1 aromatic carbocycles. The minimum atomic E-state index is 0.198. The van der Waals surface area contributed by atoms with Crippen molar-refractivity contribution in [1.82, 2.24) is 5.32 Å². The van der Waals surface area contributed by atoms with Crippen LogP contribution in [-0.2, 0) is 6.54 Å². The fourth-order valence-electron chi connectivity index (χ4n) is 1.66. The van der Waals surface area contributed by atoms with Crippen LogP contribution in [0.4, 0.5) is 0 Å². The number of methoxy groups -OCH3 is 2. The number of hydrogen-bond acceptors (Lipinski definition) is 4. The minimum absolute atomic E-state index is 0.198. The first-order valence-electron chi connectivity index (χ1n) is 5.87. The number of halogens is 1. The molecule has 0 aliphatic heterocycles. The molecule has 0 radical (unpaired) electrons. The van der Waals surface area contributed by atoms with E-state index >= 15 is 0 Å². The Hall–Kier alpha value is -0.780. The van der Waals surface area contributed by atoms with E-state index < -0.39 is 0 Å². The van der Waals surface area contributed by atoms with E-state index in [-0.39, 0.29) is 12.6 Å². The van der Waals surface area contributed by atoms with Crippen LogP contribution in [0.1, 0.15) is 18.9 Å². The SMILES string of the molecule is COc1cc(CNC(C)CCO)cc(Br)c1OC. The number of benzene rings is 1. The largest absolute Gasteiger partial charge is 0.493 e. The molecule has 1 atom stereocenters. The summed E-state index contributed by atoms with van der Waals surface area (Å²) in [6.45, 7) is 2.97. The zero-order valence-corrected chi connectivity index (χ0v) is 12.6. The molecule has 0 saturated heterocycles. The van der Waals surface area contributed by atoms with E-state index in [1.165, 1.54) is 0 Å². The van der Waals surface area contributed by atoms with Gasteiger partial charge in [-0.2, -0.15) is 0 Å². The van der Waals surface area contributed by atoms with Crippen molar-refractivity contribution in [1.29, 1.82) is 0 Å². The average molecular weight is 318 g/mol. The summed E-state index contributed by atoms with van der Waals surface area (Å²) >= 11 is 3.46. The van der Waals surface area contributed by atoms with E-state index in [9.17, 15) is 0 Å². The Morgan fingerprint density at radius 1 is 1.33 bits per heavy atom. The van der Waals surface area contributed by atoms with Gasteiger partial charge in [-0.1, -0.05) is 0 Å². The van der Waals surface area contributed by atoms with Crippen molar-refractivity contribution in [2.45, 2.75) is 25.9 Å². The second-order valence-corrected chi connectivity index (χ2v) is 4.96. The minimum Gasteiger partial charge on any atom is -0.493 e. The summed E-state index contributed by atoms with van der Waals surface area (Å²) in [7, 11) is 3.24. The van der Waals surface area contributed by atoms with E-state index in [4.69, 9.17) is 14.6 Å². The van der Waals surface area contributed by atoms with Gasteiger partial charge in [0, 0.05) is 19.2 Å². The first-order valence-corrected chi connectivity index (χ1v) is 6.66. The van der Waals surface area contributed by atoms with Gasteiger partial charge in [0.1, 0.15) is 0 Å². The molecule has 18 heavy (non-hydrogen) atoms. The molecule has 102 valence electrons. The van der Waals surface area contributed by atoms with Crippen molar-refractivity contribution in [3.05, 3.63) is 22.2 Å². The number of nitrogens with one attached hydrogen (secondary N) is 1. The van der Waals surface area contributed by atoms with Crippen molar-refractivity contribution in [2.75, 3.05) is 20.8 Å². The molecule has 0 fully saturated rings. The third-order valence-electron chi connectivity index (χ3n) is 2.71. The van der Waals surface area contributed by atoms with Crippen LogP contribution in [0, 0.1) is 0 Å². The number of aliphatic hydroxyl groups excluding tert-OH is 1. The molecule has 0 amide bonds. The van der Waals surface area contributed by atoms with Crippen molar-refractivity contribution in [2.24, 2.45) is 0 Å². The van der Waals surface area contributed by atoms with Gasteiger partial charge in [0.05, 0.1) is 18.7 Å². The molecule has 0 aliphatic rings. The lowest BCUT2D eigenvalue weighted by atomic mass is 10.1. The first kappa shape index (κ1) is 15.3. The van der Waals surface area contributed by atoms with E-state index in [1.807, 2.05) is 19.1 Å². The summed E-state index contributed by atoms with van der Waals surface area (Å²) < 4.78 is 11.4. The molecule has 2 N–H and O–H groups in total. The second-order valence-electron chi connectivity index (χ2n) is 4.11. The fourth-order valence-corrected chi connectivity index (χ4v) is 2.31. The van der Waals surface area contributed by atoms with Crippen molar-refractivity contribution in [3.8, 4) is 11.5 Å². The quantitative estimate of drug-likeness (QED) is 0.810. The standard InChI is InChI=1S/C13H20BrNO3/c1-9(4-5-16)15-8-10-6-11(14)13(18-3)12(7-10)17-2/h6-7,9,15-16H,4-5,8H2,1-3H3. The number of rotatable bonds is 7. The van der Waals surface area contributed by atoms with Crippen LogP contribution in [0.5, 0.6) is 11.5 Å². The molecule has 0 aliphatic carbocycles. The van der Waals surface area contributed by atoms with Crippen LogP contribution in [0.3, 0.4) is 0 Å². The summed E-state index contributed by atoms with van der Waals surface area (Å²) in [6, 6.07) is 4.23. The van der Waals surface area contributed by atoms with Gasteiger partial charge in [-0.25, -0.2) is 0 Å². The highest BCUT2D eigenvalue weighted by atomic mass is 79.9. The van der Waals surface area contributed by atoms with Gasteiger partial charge in [-0.15, -0.1) is 0 Å². The number of aliphatic hydroxyl groups is 1. The lowest BCUT2D eigenvalue weighted by molar-refractivity contribution is 0.268. The Morgan fingerprint density at radius 2 is 2.06 bits per heavy atom. The summed E-state index contributed by atoms with van der Waals surface area (Å²) in [6.07, 6.45) is 0.745. The van der Waals surface area contributed by atoms with E-state index in [1.54, 1.807) is 14.2 Å². The van der Waals surface area contributed by atoms with E-state index in [0.717, 1.165) is 23.0 Å². The van der Waals surface area contributed by atoms with Gasteiger partial charge in [0.15, 0.2) is 11.5 Å². The second kappa shape index (κ2) is 7.61. The van der Waals surface area contributed by atoms with Crippen LogP contribution in [0.15, 0.2) is 16.6 Å². The predicted octanol–water partition coefficient (Wildman–Crippen LogP) is 2.33. The summed E-state index contributed by atoms with van der Waals surface area (Å²) in [5, 5.41) is 12.2. The molecule has 0 bridgehead atoms. The molecular weight excluding hydrogens is 298 g/mol. The van der Waals surface area contributed by atoms with E-state index in [0.29, 0.717) is 11.5 Å². The van der Waals surface area contributed by atoms with Gasteiger partial charge >= 0.3 is 0 Å². The van der Waals surface area contributed by atoms with Crippen LogP contribution in [0.2, 0.25) is 0 Å². The molecule has 5 heteroatoms. The molecule has 1 aromatic rings. The van der Waals surface area contributed by atoms with Gasteiger partial charge < -0.3 is 19.9 Å². The van der Waals surface area contributed by atoms with Gasteiger partial charge in [-0.3, -0.25) is 0 Å². The van der Waals surface area contributed by atoms with Crippen LogP contribution < -0.4 is 14.8 Å². The van der Waals surface area contributed by atoms with Crippen molar-refractivity contribution < 1.29 is 14.6 Å². The van der Waals surface area contributed by atoms with Crippen molar-refractivity contribution in [3.63, 3.8) is 0 Å². The lowest BCUT2D eigenvalue weighted by Gasteiger charge is -2.15. The predicted molar refractivity (Wildman–Crippen MR) is 75.3 cm³/mol. The Bertz CT molecular complexity index is 385. The number of ether oxygens (including phenoxy) is 2. The van der Waals surface area contributed by atoms with Gasteiger partial charge in [0.2, 0.25) is 0 Å². The van der Waals surface area contributed by atoms with Crippen molar-refractivity contribution >= 4 is 15.9 Å². The highest BCUT2D eigenvalue weighted by molar-refractivity contribution is 9.10. The highest BCUT2D eigenvalue weighted by Gasteiger charge is 2.10. The van der Waals surface area contributed by atoms with Crippen LogP contribution in [0.25, 0.3) is 0 Å². The Morgan fingerprint density at radius 3 is 2.61 bits per heavy atom. The molecule has 0 aromatic heterocycles. The molecule has 0 spiro atoms. The zero-order chi connectivity index (χ0) is 13.5. The van der Waals surface area contributed by atoms with Gasteiger partial charge in [0.25, 0.3) is 0 Å². The normalized spacial score (nSPS) is 12.3.